The zero-order valence-electron chi connectivity index (χ0n) is 16.8. The van der Waals surface area contributed by atoms with E-state index in [0.29, 0.717) is 17.7 Å². The van der Waals surface area contributed by atoms with Gasteiger partial charge in [0.15, 0.2) is 5.78 Å². The van der Waals surface area contributed by atoms with E-state index in [1.54, 1.807) is 56.3 Å². The van der Waals surface area contributed by atoms with Crippen LogP contribution in [0.15, 0.2) is 42.5 Å². The van der Waals surface area contributed by atoms with Gasteiger partial charge in [0.2, 0.25) is 0 Å². The van der Waals surface area contributed by atoms with E-state index < -0.39 is 17.9 Å². The molecule has 0 spiro atoms. The number of ether oxygens (including phenoxy) is 2. The highest BCUT2D eigenvalue weighted by Gasteiger charge is 2.22. The van der Waals surface area contributed by atoms with Gasteiger partial charge in [-0.1, -0.05) is 19.1 Å². The summed E-state index contributed by atoms with van der Waals surface area (Å²) in [5, 5.41) is 0. The molecule has 0 heterocycles. The number of Topliss-reactive ketones (excluding diaryl/α,β-unsaturated/α-hetero) is 1. The zero-order valence-corrected chi connectivity index (χ0v) is 16.8. The molecule has 2 aromatic carbocycles. The topological polar surface area (TPSA) is 72.9 Å². The maximum absolute atomic E-state index is 13.1. The van der Waals surface area contributed by atoms with Crippen LogP contribution in [0.1, 0.15) is 53.0 Å². The summed E-state index contributed by atoms with van der Waals surface area (Å²) in [6.07, 6.45) is 0. The lowest BCUT2D eigenvalue weighted by Gasteiger charge is -2.18. The van der Waals surface area contributed by atoms with Gasteiger partial charge >= 0.3 is 11.9 Å². The Balaban J connectivity index is 2.31. The molecule has 28 heavy (non-hydrogen) atoms. The molecule has 0 aliphatic carbocycles. The van der Waals surface area contributed by atoms with E-state index in [0.717, 1.165) is 11.3 Å². The van der Waals surface area contributed by atoms with Crippen LogP contribution in [-0.4, -0.2) is 38.4 Å². The van der Waals surface area contributed by atoms with E-state index in [-0.39, 0.29) is 11.5 Å². The number of benzene rings is 2. The van der Waals surface area contributed by atoms with Gasteiger partial charge in [0.05, 0.1) is 17.7 Å². The van der Waals surface area contributed by atoms with Crippen LogP contribution in [-0.2, 0) is 9.53 Å². The van der Waals surface area contributed by atoms with Gasteiger partial charge in [-0.3, -0.25) is 9.59 Å². The first-order chi connectivity index (χ1) is 13.2. The van der Waals surface area contributed by atoms with Gasteiger partial charge in [0, 0.05) is 38.7 Å². The van der Waals surface area contributed by atoms with Crippen molar-refractivity contribution in [3.05, 3.63) is 59.2 Å². The van der Waals surface area contributed by atoms with Gasteiger partial charge in [0.1, 0.15) is 5.75 Å². The molecule has 6 nitrogen and oxygen atoms in total. The van der Waals surface area contributed by atoms with Gasteiger partial charge < -0.3 is 14.4 Å². The van der Waals surface area contributed by atoms with Gasteiger partial charge in [-0.15, -0.1) is 0 Å². The molecule has 0 amide bonds. The van der Waals surface area contributed by atoms with Crippen molar-refractivity contribution in [3.8, 4) is 5.75 Å². The Hall–Kier alpha value is -3.15. The molecule has 2 rings (SSSR count). The molecule has 0 saturated carbocycles. The number of rotatable bonds is 7. The molecular formula is C22H25NO5. The minimum Gasteiger partial charge on any atom is -0.462 e. The minimum atomic E-state index is -0.489. The Morgan fingerprint density at radius 1 is 1.04 bits per heavy atom. The van der Waals surface area contributed by atoms with E-state index in [1.807, 2.05) is 19.0 Å². The van der Waals surface area contributed by atoms with Crippen molar-refractivity contribution >= 4 is 23.4 Å². The molecule has 2 aromatic rings. The molecule has 1 unspecified atom stereocenters. The predicted octanol–water partition coefficient (Wildman–Crippen LogP) is 3.84. The summed E-state index contributed by atoms with van der Waals surface area (Å²) in [7, 11) is 3.73. The van der Waals surface area contributed by atoms with Crippen molar-refractivity contribution in [2.75, 3.05) is 25.6 Å². The highest BCUT2D eigenvalue weighted by atomic mass is 16.5. The standard InChI is InChI=1S/C22H25NO5/c1-6-27-22(26)17-9-7-16(8-10-17)14(2)21(25)19-12-11-18(23(4)5)13-20(19)28-15(3)24/h7-14H,6H2,1-5H3. The van der Waals surface area contributed by atoms with Crippen LogP contribution < -0.4 is 9.64 Å². The third-order valence-corrected chi connectivity index (χ3v) is 4.32. The summed E-state index contributed by atoms with van der Waals surface area (Å²) in [6, 6.07) is 11.9. The molecule has 0 aromatic heterocycles. The lowest BCUT2D eigenvalue weighted by Crippen LogP contribution is -2.15. The molecule has 0 saturated heterocycles. The Morgan fingerprint density at radius 2 is 1.68 bits per heavy atom. The summed E-state index contributed by atoms with van der Waals surface area (Å²) in [5.41, 5.74) is 2.34. The van der Waals surface area contributed by atoms with E-state index in [2.05, 4.69) is 0 Å². The summed E-state index contributed by atoms with van der Waals surface area (Å²) in [6.45, 7) is 5.12. The van der Waals surface area contributed by atoms with Crippen molar-refractivity contribution in [2.24, 2.45) is 0 Å². The van der Waals surface area contributed by atoms with Gasteiger partial charge in [-0.05, 0) is 36.8 Å². The number of anilines is 1. The Kier molecular flexibility index (Phi) is 6.93. The molecule has 0 bridgehead atoms. The molecule has 0 fully saturated rings. The van der Waals surface area contributed by atoms with Crippen LogP contribution in [0.25, 0.3) is 0 Å². The van der Waals surface area contributed by atoms with Crippen LogP contribution in [0.4, 0.5) is 5.69 Å². The van der Waals surface area contributed by atoms with Gasteiger partial charge in [0.25, 0.3) is 0 Å². The highest BCUT2D eigenvalue weighted by Crippen LogP contribution is 2.30. The lowest BCUT2D eigenvalue weighted by molar-refractivity contribution is -0.131. The normalized spacial score (nSPS) is 11.5. The summed E-state index contributed by atoms with van der Waals surface area (Å²) in [4.78, 5) is 38.2. The second kappa shape index (κ2) is 9.17. The van der Waals surface area contributed by atoms with Crippen molar-refractivity contribution in [3.63, 3.8) is 0 Å². The van der Waals surface area contributed by atoms with Gasteiger partial charge in [-0.25, -0.2) is 4.79 Å². The molecule has 0 aliphatic rings. The number of ketones is 1. The molecule has 0 N–H and O–H groups in total. The molecular weight excluding hydrogens is 358 g/mol. The molecule has 0 aliphatic heterocycles. The molecule has 0 radical (unpaired) electrons. The van der Waals surface area contributed by atoms with E-state index in [4.69, 9.17) is 9.47 Å². The van der Waals surface area contributed by atoms with Crippen LogP contribution in [0.3, 0.4) is 0 Å². The minimum absolute atomic E-state index is 0.176. The fourth-order valence-electron chi connectivity index (χ4n) is 2.74. The SMILES string of the molecule is CCOC(=O)c1ccc(C(C)C(=O)c2ccc(N(C)C)cc2OC(C)=O)cc1. The smallest absolute Gasteiger partial charge is 0.338 e. The van der Waals surface area contributed by atoms with E-state index in [9.17, 15) is 14.4 Å². The Bertz CT molecular complexity index is 871. The number of hydrogen-bond donors (Lipinski definition) is 0. The van der Waals surface area contributed by atoms with Crippen LogP contribution in [0, 0.1) is 0 Å². The molecule has 1 atom stereocenters. The maximum Gasteiger partial charge on any atom is 0.338 e. The first kappa shape index (κ1) is 21.2. The quantitative estimate of drug-likeness (QED) is 0.411. The summed E-state index contributed by atoms with van der Waals surface area (Å²) >= 11 is 0. The van der Waals surface area contributed by atoms with Gasteiger partial charge in [-0.2, -0.15) is 0 Å². The van der Waals surface area contributed by atoms with Crippen LogP contribution >= 0.6 is 0 Å². The van der Waals surface area contributed by atoms with Crippen molar-refractivity contribution < 1.29 is 23.9 Å². The third-order valence-electron chi connectivity index (χ3n) is 4.32. The average Bonchev–Trinajstić information content (AvgIpc) is 2.66. The number of carbonyl (C=O) groups is 3. The zero-order chi connectivity index (χ0) is 20.8. The second-order valence-electron chi connectivity index (χ2n) is 6.60. The van der Waals surface area contributed by atoms with Crippen molar-refractivity contribution in [1.82, 2.24) is 0 Å². The van der Waals surface area contributed by atoms with Crippen molar-refractivity contribution in [1.29, 1.82) is 0 Å². The summed E-state index contributed by atoms with van der Waals surface area (Å²) in [5.74, 6) is -1.30. The lowest BCUT2D eigenvalue weighted by atomic mass is 9.91. The van der Waals surface area contributed by atoms with Crippen molar-refractivity contribution in [2.45, 2.75) is 26.7 Å². The monoisotopic (exact) mass is 383 g/mol. The molecule has 148 valence electrons. The summed E-state index contributed by atoms with van der Waals surface area (Å²) < 4.78 is 10.2. The van der Waals surface area contributed by atoms with E-state index >= 15 is 0 Å². The van der Waals surface area contributed by atoms with Crippen LogP contribution in [0.2, 0.25) is 0 Å². The van der Waals surface area contributed by atoms with Crippen LogP contribution in [0.5, 0.6) is 5.75 Å². The Labute approximate surface area is 165 Å². The van der Waals surface area contributed by atoms with E-state index in [1.165, 1.54) is 6.92 Å². The number of esters is 2. The third kappa shape index (κ3) is 4.97. The molecule has 6 heteroatoms. The fourth-order valence-corrected chi connectivity index (χ4v) is 2.74. The number of hydrogen-bond acceptors (Lipinski definition) is 6. The first-order valence-electron chi connectivity index (χ1n) is 9.05. The maximum atomic E-state index is 13.1. The first-order valence-corrected chi connectivity index (χ1v) is 9.05. The number of carbonyl (C=O) groups excluding carboxylic acids is 3. The predicted molar refractivity (Wildman–Crippen MR) is 107 cm³/mol. The second-order valence-corrected chi connectivity index (χ2v) is 6.60. The largest absolute Gasteiger partial charge is 0.462 e. The Morgan fingerprint density at radius 3 is 2.21 bits per heavy atom. The fraction of sp³-hybridized carbons (Fsp3) is 0.318. The number of nitrogens with zero attached hydrogens (tertiary/aromatic N) is 1. The highest BCUT2D eigenvalue weighted by molar-refractivity contribution is 6.04. The average molecular weight is 383 g/mol.